The minimum absolute atomic E-state index is 0.0272. The Bertz CT molecular complexity index is 184. The molecular weight excluding hydrogens is 150 g/mol. The molecule has 1 aliphatic rings. The van der Waals surface area contributed by atoms with Gasteiger partial charge in [-0.1, -0.05) is 11.8 Å². The molecule has 10 heavy (non-hydrogen) atoms. The molecule has 1 rings (SSSR count). The third-order valence-corrected chi connectivity index (χ3v) is 2.22. The number of rotatable bonds is 1. The zero-order valence-electron chi connectivity index (χ0n) is 5.53. The monoisotopic (exact) mass is 157 g/mol. The Labute approximate surface area is 62.9 Å². The maximum absolute atomic E-state index is 10.8. The fraction of sp³-hybridized carbons (Fsp3) is 0.500. The van der Waals surface area contributed by atoms with Gasteiger partial charge >= 0.3 is 0 Å². The van der Waals surface area contributed by atoms with E-state index < -0.39 is 5.92 Å². The first-order valence-electron chi connectivity index (χ1n) is 2.87. The molecular formula is C6H7NO2S. The molecule has 0 N–H and O–H groups in total. The summed E-state index contributed by atoms with van der Waals surface area (Å²) >= 11 is 1.07. The first-order chi connectivity index (χ1) is 4.75. The van der Waals surface area contributed by atoms with Gasteiger partial charge in [0, 0.05) is 13.3 Å². The summed E-state index contributed by atoms with van der Waals surface area (Å²) in [6.07, 6.45) is 1.41. The SMILES string of the molecule is CN=CC1C(=O)CSC1=O. The van der Waals surface area contributed by atoms with Gasteiger partial charge in [-0.05, 0) is 0 Å². The summed E-state index contributed by atoms with van der Waals surface area (Å²) in [5.41, 5.74) is 0. The van der Waals surface area contributed by atoms with Crippen molar-refractivity contribution in [3.8, 4) is 0 Å². The van der Waals surface area contributed by atoms with E-state index in [2.05, 4.69) is 4.99 Å². The second kappa shape index (κ2) is 2.96. The molecule has 1 aliphatic heterocycles. The van der Waals surface area contributed by atoms with Crippen LogP contribution >= 0.6 is 11.8 Å². The van der Waals surface area contributed by atoms with E-state index in [1.807, 2.05) is 0 Å². The lowest BCUT2D eigenvalue weighted by molar-refractivity contribution is -0.122. The topological polar surface area (TPSA) is 46.5 Å². The number of carbonyl (C=O) groups excluding carboxylic acids is 2. The first kappa shape index (κ1) is 7.47. The Kier molecular flexibility index (Phi) is 2.21. The van der Waals surface area contributed by atoms with Crippen molar-refractivity contribution < 1.29 is 9.59 Å². The Hall–Kier alpha value is -0.640. The Morgan fingerprint density at radius 2 is 2.40 bits per heavy atom. The predicted octanol–water partition coefficient (Wildman–Crippen LogP) is 0.146. The number of thioether (sulfide) groups is 1. The van der Waals surface area contributed by atoms with Crippen LogP contribution in [0.3, 0.4) is 0 Å². The molecule has 0 aliphatic carbocycles. The molecule has 1 unspecified atom stereocenters. The highest BCUT2D eigenvalue weighted by atomic mass is 32.2. The van der Waals surface area contributed by atoms with Crippen molar-refractivity contribution in [3.63, 3.8) is 0 Å². The van der Waals surface area contributed by atoms with Gasteiger partial charge < -0.3 is 0 Å². The summed E-state index contributed by atoms with van der Waals surface area (Å²) in [5, 5.41) is -0.0735. The van der Waals surface area contributed by atoms with Crippen molar-refractivity contribution in [2.45, 2.75) is 0 Å². The minimum atomic E-state index is -0.560. The molecule has 0 amide bonds. The molecule has 1 fully saturated rings. The van der Waals surface area contributed by atoms with E-state index in [9.17, 15) is 9.59 Å². The van der Waals surface area contributed by atoms with Gasteiger partial charge in [-0.15, -0.1) is 0 Å². The van der Waals surface area contributed by atoms with Gasteiger partial charge in [0.25, 0.3) is 0 Å². The van der Waals surface area contributed by atoms with Crippen molar-refractivity contribution in [1.82, 2.24) is 0 Å². The summed E-state index contributed by atoms with van der Waals surface area (Å²) < 4.78 is 0. The van der Waals surface area contributed by atoms with Crippen LogP contribution in [-0.4, -0.2) is 29.9 Å². The average Bonchev–Trinajstić information content (AvgIpc) is 2.20. The lowest BCUT2D eigenvalue weighted by Gasteiger charge is -1.92. The molecule has 0 spiro atoms. The summed E-state index contributed by atoms with van der Waals surface area (Å²) in [4.78, 5) is 25.3. The van der Waals surface area contributed by atoms with E-state index in [0.717, 1.165) is 11.8 Å². The van der Waals surface area contributed by atoms with Crippen molar-refractivity contribution in [2.75, 3.05) is 12.8 Å². The lowest BCUT2D eigenvalue weighted by atomic mass is 10.1. The third-order valence-electron chi connectivity index (χ3n) is 1.26. The standard InChI is InChI=1S/C6H7NO2S/c1-7-2-4-5(8)3-10-6(4)9/h2,4H,3H2,1H3. The van der Waals surface area contributed by atoms with Crippen LogP contribution in [0.5, 0.6) is 0 Å². The van der Waals surface area contributed by atoms with Crippen LogP contribution in [0.15, 0.2) is 4.99 Å². The third kappa shape index (κ3) is 1.26. The summed E-state index contributed by atoms with van der Waals surface area (Å²) in [6.45, 7) is 0. The molecule has 54 valence electrons. The molecule has 3 nitrogen and oxygen atoms in total. The molecule has 0 aromatic heterocycles. The molecule has 1 saturated heterocycles. The number of Topliss-reactive ketones (excluding diaryl/α,β-unsaturated/α-hetero) is 1. The molecule has 0 saturated carbocycles. The normalized spacial score (nSPS) is 26.7. The molecule has 4 heteroatoms. The maximum Gasteiger partial charge on any atom is 0.205 e. The van der Waals surface area contributed by atoms with Gasteiger partial charge in [0.1, 0.15) is 5.92 Å². The summed E-state index contributed by atoms with van der Waals surface area (Å²) in [5.74, 6) is -0.272. The van der Waals surface area contributed by atoms with Crippen LogP contribution in [0.25, 0.3) is 0 Å². The van der Waals surface area contributed by atoms with Crippen LogP contribution in [0.1, 0.15) is 0 Å². The van der Waals surface area contributed by atoms with E-state index >= 15 is 0 Å². The van der Waals surface area contributed by atoms with E-state index in [4.69, 9.17) is 0 Å². The van der Waals surface area contributed by atoms with Crippen molar-refractivity contribution in [1.29, 1.82) is 0 Å². The molecule has 0 aromatic carbocycles. The zero-order chi connectivity index (χ0) is 7.56. The zero-order valence-corrected chi connectivity index (χ0v) is 6.35. The van der Waals surface area contributed by atoms with Crippen LogP contribution < -0.4 is 0 Å². The second-order valence-electron chi connectivity index (χ2n) is 1.96. The highest BCUT2D eigenvalue weighted by molar-refractivity contribution is 8.15. The van der Waals surface area contributed by atoms with E-state index in [0.29, 0.717) is 5.75 Å². The quantitative estimate of drug-likeness (QED) is 0.402. The second-order valence-corrected chi connectivity index (χ2v) is 2.94. The highest BCUT2D eigenvalue weighted by Crippen LogP contribution is 2.20. The molecule has 0 bridgehead atoms. The van der Waals surface area contributed by atoms with Gasteiger partial charge in [-0.2, -0.15) is 0 Å². The lowest BCUT2D eigenvalue weighted by Crippen LogP contribution is -2.15. The maximum atomic E-state index is 10.8. The number of hydrogen-bond acceptors (Lipinski definition) is 4. The molecule has 1 heterocycles. The largest absolute Gasteiger partial charge is 0.300 e. The Balaban J connectivity index is 2.72. The number of carbonyl (C=O) groups is 2. The fourth-order valence-electron chi connectivity index (χ4n) is 0.746. The van der Waals surface area contributed by atoms with Crippen molar-refractivity contribution in [2.24, 2.45) is 10.9 Å². The Morgan fingerprint density at radius 1 is 1.70 bits per heavy atom. The number of hydrogen-bond donors (Lipinski definition) is 0. The smallest absolute Gasteiger partial charge is 0.205 e. The van der Waals surface area contributed by atoms with Crippen LogP contribution in [-0.2, 0) is 9.59 Å². The number of aliphatic imine (C=N–C) groups is 1. The van der Waals surface area contributed by atoms with Crippen molar-refractivity contribution >= 4 is 28.9 Å². The van der Waals surface area contributed by atoms with Gasteiger partial charge in [0.15, 0.2) is 5.78 Å². The summed E-state index contributed by atoms with van der Waals surface area (Å²) in [7, 11) is 1.56. The van der Waals surface area contributed by atoms with Gasteiger partial charge in [0.2, 0.25) is 5.12 Å². The molecule has 0 aromatic rings. The summed E-state index contributed by atoms with van der Waals surface area (Å²) in [6, 6.07) is 0. The van der Waals surface area contributed by atoms with Gasteiger partial charge in [0.05, 0.1) is 5.75 Å². The van der Waals surface area contributed by atoms with Gasteiger partial charge in [-0.25, -0.2) is 0 Å². The number of ketones is 1. The van der Waals surface area contributed by atoms with Crippen LogP contribution in [0, 0.1) is 5.92 Å². The number of nitrogens with zero attached hydrogens (tertiary/aromatic N) is 1. The predicted molar refractivity (Wildman–Crippen MR) is 40.4 cm³/mol. The average molecular weight is 157 g/mol. The van der Waals surface area contributed by atoms with Crippen LogP contribution in [0.4, 0.5) is 0 Å². The van der Waals surface area contributed by atoms with E-state index in [1.165, 1.54) is 6.21 Å². The highest BCUT2D eigenvalue weighted by Gasteiger charge is 2.31. The van der Waals surface area contributed by atoms with Crippen LogP contribution in [0.2, 0.25) is 0 Å². The van der Waals surface area contributed by atoms with E-state index in [-0.39, 0.29) is 10.9 Å². The van der Waals surface area contributed by atoms with E-state index in [1.54, 1.807) is 7.05 Å². The Morgan fingerprint density at radius 3 is 2.80 bits per heavy atom. The molecule has 1 atom stereocenters. The molecule has 0 radical (unpaired) electrons. The minimum Gasteiger partial charge on any atom is -0.300 e. The van der Waals surface area contributed by atoms with Gasteiger partial charge in [-0.3, -0.25) is 14.6 Å². The fourth-order valence-corrected chi connectivity index (χ4v) is 1.58. The first-order valence-corrected chi connectivity index (χ1v) is 3.86. The van der Waals surface area contributed by atoms with Crippen molar-refractivity contribution in [3.05, 3.63) is 0 Å².